The van der Waals surface area contributed by atoms with E-state index in [-0.39, 0.29) is 6.61 Å². The molecule has 4 heteroatoms. The summed E-state index contributed by atoms with van der Waals surface area (Å²) in [6.07, 6.45) is 1.56. The minimum absolute atomic E-state index is 0.0594. The number of hydrogen-bond acceptors (Lipinski definition) is 4. The first-order valence-electron chi connectivity index (χ1n) is 2.44. The Balaban J connectivity index is 2.94. The van der Waals surface area contributed by atoms with Crippen LogP contribution >= 0.6 is 12.6 Å². The maximum absolute atomic E-state index is 8.54. The van der Waals surface area contributed by atoms with Crippen LogP contribution in [0.5, 0.6) is 0 Å². The highest BCUT2D eigenvalue weighted by atomic mass is 32.1. The van der Waals surface area contributed by atoms with Gasteiger partial charge in [-0.15, -0.1) is 12.6 Å². The van der Waals surface area contributed by atoms with Crippen molar-refractivity contribution in [2.24, 2.45) is 0 Å². The van der Waals surface area contributed by atoms with Crippen molar-refractivity contribution < 1.29 is 5.11 Å². The molecule has 0 radical (unpaired) electrons. The van der Waals surface area contributed by atoms with Crippen LogP contribution in [0, 0.1) is 0 Å². The predicted molar refractivity (Wildman–Crippen MR) is 35.2 cm³/mol. The quantitative estimate of drug-likeness (QED) is 0.436. The Morgan fingerprint density at radius 1 is 1.67 bits per heavy atom. The fraction of sp³-hybridized carbons (Fsp3) is 0.200. The Morgan fingerprint density at radius 3 is 2.89 bits per heavy atom. The van der Waals surface area contributed by atoms with Crippen molar-refractivity contribution in [1.82, 2.24) is 9.97 Å². The van der Waals surface area contributed by atoms with Gasteiger partial charge in [0.05, 0.1) is 12.3 Å². The highest BCUT2D eigenvalue weighted by Crippen LogP contribution is 1.97. The Labute approximate surface area is 58.2 Å². The smallest absolute Gasteiger partial charge is 0.184 e. The van der Waals surface area contributed by atoms with Crippen molar-refractivity contribution in [1.29, 1.82) is 0 Å². The number of hydrogen-bond donors (Lipinski definition) is 2. The molecule has 0 unspecified atom stereocenters. The summed E-state index contributed by atoms with van der Waals surface area (Å²) in [5.41, 5.74) is 0.593. The van der Waals surface area contributed by atoms with Crippen LogP contribution in [0.2, 0.25) is 0 Å². The summed E-state index contributed by atoms with van der Waals surface area (Å²) in [6, 6.07) is 1.64. The molecule has 1 aromatic rings. The Morgan fingerprint density at radius 2 is 2.44 bits per heavy atom. The molecule has 0 aliphatic rings. The average molecular weight is 142 g/mol. The van der Waals surface area contributed by atoms with Gasteiger partial charge in [0.25, 0.3) is 0 Å². The molecule has 0 bridgehead atoms. The molecule has 1 heterocycles. The van der Waals surface area contributed by atoms with Crippen LogP contribution in [-0.4, -0.2) is 15.1 Å². The number of nitrogens with zero attached hydrogens (tertiary/aromatic N) is 2. The maximum Gasteiger partial charge on any atom is 0.184 e. The van der Waals surface area contributed by atoms with Crippen molar-refractivity contribution in [3.05, 3.63) is 18.0 Å². The van der Waals surface area contributed by atoms with E-state index in [4.69, 9.17) is 5.11 Å². The summed E-state index contributed by atoms with van der Waals surface area (Å²) in [7, 11) is 0. The zero-order valence-electron chi connectivity index (χ0n) is 4.65. The van der Waals surface area contributed by atoms with Crippen LogP contribution in [0.15, 0.2) is 17.4 Å². The number of aliphatic hydroxyl groups is 1. The number of aliphatic hydroxyl groups excluding tert-OH is 1. The fourth-order valence-corrected chi connectivity index (χ4v) is 0.668. The maximum atomic E-state index is 8.54. The van der Waals surface area contributed by atoms with E-state index < -0.39 is 0 Å². The normalized spacial score (nSPS) is 9.56. The lowest BCUT2D eigenvalue weighted by molar-refractivity contribution is 0.275. The molecular formula is C5H6N2OS. The Hall–Kier alpha value is -0.610. The third-order valence-corrected chi connectivity index (χ3v) is 1.08. The monoisotopic (exact) mass is 142 g/mol. The molecule has 0 fully saturated rings. The zero-order chi connectivity index (χ0) is 6.69. The van der Waals surface area contributed by atoms with Crippen molar-refractivity contribution in [3.8, 4) is 0 Å². The van der Waals surface area contributed by atoms with Crippen LogP contribution in [-0.2, 0) is 6.61 Å². The van der Waals surface area contributed by atoms with Crippen LogP contribution < -0.4 is 0 Å². The minimum atomic E-state index is -0.0594. The molecule has 0 aromatic carbocycles. The van der Waals surface area contributed by atoms with E-state index in [1.54, 1.807) is 12.3 Å². The first kappa shape index (κ1) is 6.51. The van der Waals surface area contributed by atoms with Crippen molar-refractivity contribution in [2.75, 3.05) is 0 Å². The summed E-state index contributed by atoms with van der Waals surface area (Å²) >= 11 is 3.87. The van der Waals surface area contributed by atoms with Gasteiger partial charge in [-0.25, -0.2) is 9.97 Å². The SMILES string of the molecule is OCc1ccnc(S)n1. The molecule has 0 amide bonds. The van der Waals surface area contributed by atoms with Gasteiger partial charge in [0, 0.05) is 6.20 Å². The minimum Gasteiger partial charge on any atom is -0.390 e. The van der Waals surface area contributed by atoms with E-state index in [9.17, 15) is 0 Å². The van der Waals surface area contributed by atoms with Crippen LogP contribution in [0.3, 0.4) is 0 Å². The molecule has 48 valence electrons. The average Bonchev–Trinajstić information content (AvgIpc) is 1.88. The first-order chi connectivity index (χ1) is 4.33. The van der Waals surface area contributed by atoms with Gasteiger partial charge in [0.2, 0.25) is 0 Å². The van der Waals surface area contributed by atoms with Gasteiger partial charge < -0.3 is 5.11 Å². The molecule has 0 spiro atoms. The van der Waals surface area contributed by atoms with Gasteiger partial charge in [-0.1, -0.05) is 0 Å². The standard InChI is InChI=1S/C5H6N2OS/c8-3-4-1-2-6-5(9)7-4/h1-2,8H,3H2,(H,6,7,9). The van der Waals surface area contributed by atoms with Crippen molar-refractivity contribution in [3.63, 3.8) is 0 Å². The second-order valence-electron chi connectivity index (χ2n) is 1.51. The molecule has 1 aromatic heterocycles. The van der Waals surface area contributed by atoms with Crippen LogP contribution in [0.4, 0.5) is 0 Å². The molecular weight excluding hydrogens is 136 g/mol. The Bertz CT molecular complexity index is 204. The van der Waals surface area contributed by atoms with Gasteiger partial charge in [-0.05, 0) is 6.07 Å². The largest absolute Gasteiger partial charge is 0.390 e. The molecule has 0 aliphatic carbocycles. The number of aromatic nitrogens is 2. The van der Waals surface area contributed by atoms with Gasteiger partial charge in [-0.2, -0.15) is 0 Å². The summed E-state index contributed by atoms with van der Waals surface area (Å²) in [5.74, 6) is 0. The second-order valence-corrected chi connectivity index (χ2v) is 1.91. The lowest BCUT2D eigenvalue weighted by Crippen LogP contribution is -1.90. The molecule has 1 rings (SSSR count). The summed E-state index contributed by atoms with van der Waals surface area (Å²) in [4.78, 5) is 7.52. The summed E-state index contributed by atoms with van der Waals surface area (Å²) in [6.45, 7) is -0.0594. The van der Waals surface area contributed by atoms with Gasteiger partial charge in [0.15, 0.2) is 5.16 Å². The van der Waals surface area contributed by atoms with Crippen molar-refractivity contribution in [2.45, 2.75) is 11.8 Å². The molecule has 1 N–H and O–H groups in total. The lowest BCUT2D eigenvalue weighted by Gasteiger charge is -1.92. The van der Waals surface area contributed by atoms with Crippen LogP contribution in [0.25, 0.3) is 0 Å². The molecule has 9 heavy (non-hydrogen) atoms. The molecule has 0 saturated heterocycles. The third-order valence-electron chi connectivity index (χ3n) is 0.863. The first-order valence-corrected chi connectivity index (χ1v) is 2.89. The fourth-order valence-electron chi connectivity index (χ4n) is 0.473. The molecule has 3 nitrogen and oxygen atoms in total. The van der Waals surface area contributed by atoms with Gasteiger partial charge >= 0.3 is 0 Å². The number of thiol groups is 1. The molecule has 0 atom stereocenters. The predicted octanol–water partition coefficient (Wildman–Crippen LogP) is 0.258. The zero-order valence-corrected chi connectivity index (χ0v) is 5.55. The van der Waals surface area contributed by atoms with E-state index in [1.807, 2.05) is 0 Å². The molecule has 0 aliphatic heterocycles. The number of rotatable bonds is 1. The van der Waals surface area contributed by atoms with Gasteiger partial charge in [-0.3, -0.25) is 0 Å². The van der Waals surface area contributed by atoms with Crippen LogP contribution in [0.1, 0.15) is 5.69 Å². The van der Waals surface area contributed by atoms with E-state index in [2.05, 4.69) is 22.6 Å². The highest BCUT2D eigenvalue weighted by Gasteiger charge is 1.90. The summed E-state index contributed by atoms with van der Waals surface area (Å²) in [5, 5.41) is 8.93. The molecule has 0 saturated carbocycles. The highest BCUT2D eigenvalue weighted by molar-refractivity contribution is 7.80. The topological polar surface area (TPSA) is 46.0 Å². The third kappa shape index (κ3) is 1.65. The summed E-state index contributed by atoms with van der Waals surface area (Å²) < 4.78 is 0. The van der Waals surface area contributed by atoms with E-state index in [0.717, 1.165) is 0 Å². The van der Waals surface area contributed by atoms with E-state index in [0.29, 0.717) is 10.9 Å². The second kappa shape index (κ2) is 2.80. The van der Waals surface area contributed by atoms with E-state index in [1.165, 1.54) is 0 Å². The van der Waals surface area contributed by atoms with Crippen molar-refractivity contribution >= 4 is 12.6 Å². The lowest BCUT2D eigenvalue weighted by atomic mass is 10.4. The van der Waals surface area contributed by atoms with E-state index >= 15 is 0 Å². The Kier molecular flexibility index (Phi) is 2.02. The van der Waals surface area contributed by atoms with Gasteiger partial charge in [0.1, 0.15) is 0 Å².